The van der Waals surface area contributed by atoms with Crippen LogP contribution in [0.1, 0.15) is 16.8 Å². The lowest BCUT2D eigenvalue weighted by Gasteiger charge is -2.11. The molecule has 3 nitrogen and oxygen atoms in total. The molecule has 3 N–H and O–H groups in total. The Balaban J connectivity index is 2.40. The van der Waals surface area contributed by atoms with Gasteiger partial charge in [-0.05, 0) is 59.6 Å². The predicted octanol–water partition coefficient (Wildman–Crippen LogP) is 4.49. The second-order valence-electron chi connectivity index (χ2n) is 4.45. The molecule has 0 aliphatic carbocycles. The average Bonchev–Trinajstić information content (AvgIpc) is 2.35. The summed E-state index contributed by atoms with van der Waals surface area (Å²) in [6.07, 6.45) is 0. The Morgan fingerprint density at radius 3 is 2.65 bits per heavy atom. The lowest BCUT2D eigenvalue weighted by atomic mass is 10.2. The van der Waals surface area contributed by atoms with Crippen LogP contribution in [-0.2, 0) is 0 Å². The molecular weight excluding hydrogens is 358 g/mol. The molecule has 0 spiro atoms. The standard InChI is InChI=1S/C14H13BrClN3S/c1-7-3-10(15)12(6-11(7)16)19-13-5-9(14(17)20)4-8(2)18-13/h3-6H,1-2H3,(H2,17,20)(H,18,19). The Bertz CT molecular complexity index is 688. The van der Waals surface area contributed by atoms with Gasteiger partial charge >= 0.3 is 0 Å². The molecule has 0 aliphatic heterocycles. The van der Waals surface area contributed by atoms with Gasteiger partial charge in [0, 0.05) is 20.8 Å². The van der Waals surface area contributed by atoms with Gasteiger partial charge in [-0.3, -0.25) is 0 Å². The van der Waals surface area contributed by atoms with E-state index in [0.717, 1.165) is 27.0 Å². The van der Waals surface area contributed by atoms with Crippen molar-refractivity contribution in [1.29, 1.82) is 0 Å². The Morgan fingerprint density at radius 2 is 2.00 bits per heavy atom. The van der Waals surface area contributed by atoms with E-state index in [-0.39, 0.29) is 0 Å². The van der Waals surface area contributed by atoms with Gasteiger partial charge in [0.25, 0.3) is 0 Å². The minimum absolute atomic E-state index is 0.347. The average molecular weight is 371 g/mol. The summed E-state index contributed by atoms with van der Waals surface area (Å²) in [5.41, 5.74) is 9.13. The number of nitrogens with zero attached hydrogens (tertiary/aromatic N) is 1. The number of anilines is 2. The number of hydrogen-bond donors (Lipinski definition) is 2. The molecule has 0 fully saturated rings. The largest absolute Gasteiger partial charge is 0.389 e. The highest BCUT2D eigenvalue weighted by atomic mass is 79.9. The topological polar surface area (TPSA) is 50.9 Å². The molecule has 0 atom stereocenters. The minimum atomic E-state index is 0.347. The van der Waals surface area contributed by atoms with Crippen molar-refractivity contribution in [2.45, 2.75) is 13.8 Å². The van der Waals surface area contributed by atoms with Crippen molar-refractivity contribution < 1.29 is 0 Å². The van der Waals surface area contributed by atoms with Gasteiger partial charge in [0.05, 0.1) is 5.69 Å². The van der Waals surface area contributed by atoms with Crippen molar-refractivity contribution in [2.75, 3.05) is 5.32 Å². The summed E-state index contributed by atoms with van der Waals surface area (Å²) in [7, 11) is 0. The molecule has 2 aromatic rings. The number of nitrogens with one attached hydrogen (secondary N) is 1. The Labute approximate surface area is 136 Å². The first kappa shape index (κ1) is 15.2. The van der Waals surface area contributed by atoms with E-state index in [9.17, 15) is 0 Å². The maximum atomic E-state index is 6.14. The molecule has 0 amide bonds. The van der Waals surface area contributed by atoms with Crippen LogP contribution in [0.3, 0.4) is 0 Å². The fourth-order valence-electron chi connectivity index (χ4n) is 1.75. The van der Waals surface area contributed by atoms with Crippen LogP contribution in [0.4, 0.5) is 11.5 Å². The third kappa shape index (κ3) is 3.48. The Hall–Kier alpha value is -1.17. The maximum Gasteiger partial charge on any atom is 0.131 e. The summed E-state index contributed by atoms with van der Waals surface area (Å²) in [6.45, 7) is 3.84. The predicted molar refractivity (Wildman–Crippen MR) is 92.0 cm³/mol. The molecule has 104 valence electrons. The third-order valence-electron chi connectivity index (χ3n) is 2.75. The van der Waals surface area contributed by atoms with Gasteiger partial charge in [-0.2, -0.15) is 0 Å². The number of aromatic nitrogens is 1. The molecular formula is C14H13BrClN3S. The van der Waals surface area contributed by atoms with Gasteiger partial charge in [0.15, 0.2) is 0 Å². The van der Waals surface area contributed by atoms with Crippen LogP contribution in [0.25, 0.3) is 0 Å². The quantitative estimate of drug-likeness (QED) is 0.781. The molecule has 20 heavy (non-hydrogen) atoms. The summed E-state index contributed by atoms with van der Waals surface area (Å²) in [5.74, 6) is 0.674. The highest BCUT2D eigenvalue weighted by molar-refractivity contribution is 9.10. The zero-order valence-electron chi connectivity index (χ0n) is 11.0. The smallest absolute Gasteiger partial charge is 0.131 e. The number of hydrogen-bond acceptors (Lipinski definition) is 3. The third-order valence-corrected chi connectivity index (χ3v) is 4.05. The number of aryl methyl sites for hydroxylation is 2. The molecule has 0 unspecified atom stereocenters. The first-order valence-electron chi connectivity index (χ1n) is 5.88. The normalized spacial score (nSPS) is 10.4. The van der Waals surface area contributed by atoms with Crippen molar-refractivity contribution in [2.24, 2.45) is 5.73 Å². The summed E-state index contributed by atoms with van der Waals surface area (Å²) in [5, 5.41) is 3.91. The van der Waals surface area contributed by atoms with Crippen molar-refractivity contribution >= 4 is 56.2 Å². The first-order chi connectivity index (χ1) is 9.36. The minimum Gasteiger partial charge on any atom is -0.389 e. The zero-order valence-corrected chi connectivity index (χ0v) is 14.2. The van der Waals surface area contributed by atoms with Crippen molar-refractivity contribution in [3.8, 4) is 0 Å². The number of thiocarbonyl (C=S) groups is 1. The monoisotopic (exact) mass is 369 g/mol. The summed E-state index contributed by atoms with van der Waals surface area (Å²) < 4.78 is 0.916. The molecule has 6 heteroatoms. The second-order valence-corrected chi connectivity index (χ2v) is 6.15. The van der Waals surface area contributed by atoms with E-state index < -0.39 is 0 Å². The molecule has 1 aromatic carbocycles. The van der Waals surface area contributed by atoms with Crippen LogP contribution in [0.5, 0.6) is 0 Å². The highest BCUT2D eigenvalue weighted by Crippen LogP contribution is 2.31. The summed E-state index contributed by atoms with van der Waals surface area (Å²) in [4.78, 5) is 4.76. The molecule has 0 bridgehead atoms. The van der Waals surface area contributed by atoms with Gasteiger partial charge in [-0.25, -0.2) is 4.98 Å². The van der Waals surface area contributed by atoms with E-state index in [1.165, 1.54) is 0 Å². The van der Waals surface area contributed by atoms with Gasteiger partial charge in [-0.1, -0.05) is 23.8 Å². The first-order valence-corrected chi connectivity index (χ1v) is 7.46. The lowest BCUT2D eigenvalue weighted by Crippen LogP contribution is -2.10. The van der Waals surface area contributed by atoms with Gasteiger partial charge in [0.1, 0.15) is 10.8 Å². The zero-order chi connectivity index (χ0) is 14.9. The van der Waals surface area contributed by atoms with Crippen LogP contribution >= 0.6 is 39.7 Å². The van der Waals surface area contributed by atoms with E-state index in [2.05, 4.69) is 26.2 Å². The highest BCUT2D eigenvalue weighted by Gasteiger charge is 2.07. The van der Waals surface area contributed by atoms with E-state index in [1.807, 2.05) is 38.1 Å². The number of pyridine rings is 1. The van der Waals surface area contributed by atoms with Crippen molar-refractivity contribution in [1.82, 2.24) is 4.98 Å². The van der Waals surface area contributed by atoms with Crippen LogP contribution in [0.15, 0.2) is 28.7 Å². The van der Waals surface area contributed by atoms with Crippen LogP contribution in [-0.4, -0.2) is 9.97 Å². The maximum absolute atomic E-state index is 6.14. The lowest BCUT2D eigenvalue weighted by molar-refractivity contribution is 1.19. The molecule has 0 aliphatic rings. The fraction of sp³-hybridized carbons (Fsp3) is 0.143. The SMILES string of the molecule is Cc1cc(C(N)=S)cc(Nc2cc(Cl)c(C)cc2Br)n1. The molecule has 1 aromatic heterocycles. The molecule has 0 saturated carbocycles. The van der Waals surface area contributed by atoms with E-state index in [4.69, 9.17) is 29.6 Å². The second kappa shape index (κ2) is 6.08. The van der Waals surface area contributed by atoms with Gasteiger partial charge < -0.3 is 11.1 Å². The molecule has 0 radical (unpaired) electrons. The number of benzene rings is 1. The molecule has 0 saturated heterocycles. The summed E-state index contributed by atoms with van der Waals surface area (Å²) >= 11 is 14.6. The summed E-state index contributed by atoms with van der Waals surface area (Å²) in [6, 6.07) is 7.47. The van der Waals surface area contributed by atoms with Crippen LogP contribution < -0.4 is 11.1 Å². The fourth-order valence-corrected chi connectivity index (χ4v) is 2.59. The van der Waals surface area contributed by atoms with E-state index in [0.29, 0.717) is 15.8 Å². The number of nitrogens with two attached hydrogens (primary N) is 1. The van der Waals surface area contributed by atoms with Crippen molar-refractivity contribution in [3.63, 3.8) is 0 Å². The van der Waals surface area contributed by atoms with Crippen LogP contribution in [0, 0.1) is 13.8 Å². The molecule has 2 rings (SSSR count). The Morgan fingerprint density at radius 1 is 1.30 bits per heavy atom. The number of rotatable bonds is 3. The van der Waals surface area contributed by atoms with Gasteiger partial charge in [-0.15, -0.1) is 0 Å². The van der Waals surface area contributed by atoms with Crippen LogP contribution in [0.2, 0.25) is 5.02 Å². The molecule has 1 heterocycles. The van der Waals surface area contributed by atoms with E-state index >= 15 is 0 Å². The van der Waals surface area contributed by atoms with Crippen molar-refractivity contribution in [3.05, 3.63) is 50.6 Å². The van der Waals surface area contributed by atoms with E-state index in [1.54, 1.807) is 0 Å². The number of halogens is 2. The Kier molecular flexibility index (Phi) is 4.62. The van der Waals surface area contributed by atoms with Gasteiger partial charge in [0.2, 0.25) is 0 Å².